The Morgan fingerprint density at radius 1 is 1.09 bits per heavy atom. The molecule has 2 aliphatic heterocycles. The van der Waals surface area contributed by atoms with Crippen LogP contribution in [-0.2, 0) is 6.54 Å². The number of hydrogen-bond donors (Lipinski definition) is 1. The molecule has 6 rings (SSSR count). The summed E-state index contributed by atoms with van der Waals surface area (Å²) >= 11 is 1.61. The summed E-state index contributed by atoms with van der Waals surface area (Å²) in [5.41, 5.74) is 4.38. The lowest BCUT2D eigenvalue weighted by Crippen LogP contribution is -2.45. The first-order valence-electron chi connectivity index (χ1n) is 11.2. The van der Waals surface area contributed by atoms with Crippen molar-refractivity contribution in [3.8, 4) is 22.9 Å². The molecular weight excluding hydrogens is 464 g/mol. The summed E-state index contributed by atoms with van der Waals surface area (Å²) in [5.74, 6) is 2.13. The molecule has 0 saturated heterocycles. The van der Waals surface area contributed by atoms with E-state index in [0.29, 0.717) is 29.8 Å². The number of thiophene rings is 1. The predicted molar refractivity (Wildman–Crippen MR) is 131 cm³/mol. The van der Waals surface area contributed by atoms with Gasteiger partial charge in [-0.1, -0.05) is 41.1 Å². The van der Waals surface area contributed by atoms with E-state index in [1.165, 1.54) is 0 Å². The minimum atomic E-state index is -0.423. The van der Waals surface area contributed by atoms with Crippen molar-refractivity contribution < 1.29 is 18.8 Å². The van der Waals surface area contributed by atoms with Gasteiger partial charge in [0.15, 0.2) is 11.5 Å². The van der Waals surface area contributed by atoms with Gasteiger partial charge < -0.3 is 19.3 Å². The first kappa shape index (κ1) is 21.4. The van der Waals surface area contributed by atoms with Gasteiger partial charge in [-0.25, -0.2) is 4.79 Å². The molecular formula is C26H22N4O4S. The van der Waals surface area contributed by atoms with E-state index >= 15 is 0 Å². The van der Waals surface area contributed by atoms with E-state index in [0.717, 1.165) is 32.8 Å². The highest BCUT2D eigenvalue weighted by molar-refractivity contribution is 7.09. The number of urea groups is 1. The molecule has 9 heteroatoms. The van der Waals surface area contributed by atoms with Crippen molar-refractivity contribution in [3.05, 3.63) is 87.6 Å². The van der Waals surface area contributed by atoms with Crippen LogP contribution in [0.3, 0.4) is 0 Å². The third-order valence-corrected chi connectivity index (χ3v) is 7.05. The number of fused-ring (bicyclic) bond motifs is 1. The molecule has 2 aromatic heterocycles. The quantitative estimate of drug-likeness (QED) is 0.399. The highest BCUT2D eigenvalue weighted by atomic mass is 32.1. The molecule has 0 bridgehead atoms. The van der Waals surface area contributed by atoms with Crippen LogP contribution < -0.4 is 14.8 Å². The number of benzene rings is 2. The molecule has 35 heavy (non-hydrogen) atoms. The molecule has 0 saturated carbocycles. The minimum Gasteiger partial charge on any atom is -0.454 e. The third-order valence-electron chi connectivity index (χ3n) is 6.19. The van der Waals surface area contributed by atoms with Crippen molar-refractivity contribution in [2.75, 3.05) is 6.79 Å². The van der Waals surface area contributed by atoms with Gasteiger partial charge in [-0.3, -0.25) is 4.90 Å². The first-order valence-corrected chi connectivity index (χ1v) is 12.1. The third kappa shape index (κ3) is 3.93. The molecule has 4 aromatic rings. The summed E-state index contributed by atoms with van der Waals surface area (Å²) in [4.78, 5) is 20.7. The van der Waals surface area contributed by atoms with Crippen molar-refractivity contribution in [1.29, 1.82) is 0 Å². The number of allylic oxidation sites excluding steroid dienone is 1. The van der Waals surface area contributed by atoms with Gasteiger partial charge in [-0.05, 0) is 49.1 Å². The van der Waals surface area contributed by atoms with Crippen molar-refractivity contribution in [1.82, 2.24) is 20.4 Å². The maximum absolute atomic E-state index is 13.2. The second-order valence-corrected chi connectivity index (χ2v) is 9.48. The number of carbonyl (C=O) groups is 1. The monoisotopic (exact) mass is 486 g/mol. The van der Waals surface area contributed by atoms with Crippen LogP contribution in [-0.4, -0.2) is 27.9 Å². The molecule has 1 N–H and O–H groups in total. The molecule has 2 amide bonds. The summed E-state index contributed by atoms with van der Waals surface area (Å²) < 4.78 is 16.7. The van der Waals surface area contributed by atoms with Gasteiger partial charge >= 0.3 is 6.03 Å². The molecule has 1 atom stereocenters. The molecule has 2 aromatic carbocycles. The van der Waals surface area contributed by atoms with E-state index in [9.17, 15) is 4.79 Å². The van der Waals surface area contributed by atoms with Crippen molar-refractivity contribution >= 4 is 22.9 Å². The standard InChI is InChI=1S/C26H22N4O4S/c1-15-5-7-17(8-6-15)23-22(16(2)30(26(31)27-23)13-19-4-3-11-35-19)25-28-24(29-34-25)18-9-10-20-21(12-18)33-14-32-20/h3-12,23H,13-14H2,1-2H3,(H,27,31). The Labute approximate surface area is 205 Å². The number of hydrogen-bond acceptors (Lipinski definition) is 7. The van der Waals surface area contributed by atoms with Crippen LogP contribution >= 0.6 is 11.3 Å². The first-order chi connectivity index (χ1) is 17.1. The molecule has 0 aliphatic carbocycles. The summed E-state index contributed by atoms with van der Waals surface area (Å²) in [7, 11) is 0. The molecule has 176 valence electrons. The zero-order chi connectivity index (χ0) is 23.9. The number of ether oxygens (including phenoxy) is 2. The number of nitrogens with zero attached hydrogens (tertiary/aromatic N) is 3. The van der Waals surface area contributed by atoms with Gasteiger partial charge in [-0.15, -0.1) is 11.3 Å². The SMILES string of the molecule is CC1=C(c2nc(-c3ccc4c(c3)OCO4)no2)C(c2ccc(C)cc2)NC(=O)N1Cc1cccs1. The zero-order valence-electron chi connectivity index (χ0n) is 19.1. The fourth-order valence-electron chi connectivity index (χ4n) is 4.30. The van der Waals surface area contributed by atoms with Crippen LogP contribution in [0.5, 0.6) is 11.5 Å². The smallest absolute Gasteiger partial charge is 0.322 e. The Kier molecular flexibility index (Phi) is 5.26. The summed E-state index contributed by atoms with van der Waals surface area (Å²) in [5, 5.41) is 9.39. The Hall–Kier alpha value is -4.11. The molecule has 0 spiro atoms. The maximum atomic E-state index is 13.2. The van der Waals surface area contributed by atoms with Gasteiger partial charge in [0, 0.05) is 16.1 Å². The van der Waals surface area contributed by atoms with Crippen LogP contribution in [0.1, 0.15) is 34.9 Å². The molecule has 2 aliphatic rings. The number of aromatic nitrogens is 2. The van der Waals surface area contributed by atoms with Gasteiger partial charge in [-0.2, -0.15) is 4.98 Å². The summed E-state index contributed by atoms with van der Waals surface area (Å²) in [6.45, 7) is 4.61. The van der Waals surface area contributed by atoms with E-state index < -0.39 is 6.04 Å². The summed E-state index contributed by atoms with van der Waals surface area (Å²) in [6.07, 6.45) is 0. The van der Waals surface area contributed by atoms with Crippen LogP contribution in [0, 0.1) is 6.92 Å². The topological polar surface area (TPSA) is 89.7 Å². The Morgan fingerprint density at radius 2 is 1.91 bits per heavy atom. The summed E-state index contributed by atoms with van der Waals surface area (Å²) in [6, 6.07) is 17.0. The van der Waals surface area contributed by atoms with Crippen LogP contribution in [0.2, 0.25) is 0 Å². The highest BCUT2D eigenvalue weighted by Gasteiger charge is 2.36. The van der Waals surface area contributed by atoms with E-state index in [1.807, 2.05) is 73.8 Å². The van der Waals surface area contributed by atoms with E-state index in [4.69, 9.17) is 19.0 Å². The lowest BCUT2D eigenvalue weighted by atomic mass is 9.94. The predicted octanol–water partition coefficient (Wildman–Crippen LogP) is 5.53. The van der Waals surface area contributed by atoms with E-state index in [2.05, 4.69) is 10.5 Å². The number of rotatable bonds is 5. The van der Waals surface area contributed by atoms with E-state index in [1.54, 1.807) is 16.2 Å². The van der Waals surface area contributed by atoms with Gasteiger partial charge in [0.25, 0.3) is 5.89 Å². The second-order valence-electron chi connectivity index (χ2n) is 8.45. The lowest BCUT2D eigenvalue weighted by molar-refractivity contribution is 0.174. The van der Waals surface area contributed by atoms with Gasteiger partial charge in [0.05, 0.1) is 18.2 Å². The van der Waals surface area contributed by atoms with Crippen LogP contribution in [0.15, 0.2) is 70.2 Å². The average Bonchev–Trinajstić information content (AvgIpc) is 3.63. The van der Waals surface area contributed by atoms with E-state index in [-0.39, 0.29) is 12.8 Å². The molecule has 0 radical (unpaired) electrons. The van der Waals surface area contributed by atoms with Crippen molar-refractivity contribution in [3.63, 3.8) is 0 Å². The Morgan fingerprint density at radius 3 is 2.71 bits per heavy atom. The maximum Gasteiger partial charge on any atom is 0.322 e. The average molecular weight is 487 g/mol. The van der Waals surface area contributed by atoms with Gasteiger partial charge in [0.1, 0.15) is 0 Å². The van der Waals surface area contributed by atoms with Crippen molar-refractivity contribution in [2.45, 2.75) is 26.4 Å². The second kappa shape index (κ2) is 8.59. The van der Waals surface area contributed by atoms with Gasteiger partial charge in [0.2, 0.25) is 12.6 Å². The molecule has 4 heterocycles. The minimum absolute atomic E-state index is 0.166. The van der Waals surface area contributed by atoms with Crippen LogP contribution in [0.4, 0.5) is 4.79 Å². The Bertz CT molecular complexity index is 1430. The fourth-order valence-corrected chi connectivity index (χ4v) is 4.99. The number of amides is 2. The zero-order valence-corrected chi connectivity index (χ0v) is 20.0. The van der Waals surface area contributed by atoms with Crippen molar-refractivity contribution in [2.24, 2.45) is 0 Å². The lowest BCUT2D eigenvalue weighted by Gasteiger charge is -2.35. The molecule has 0 fully saturated rings. The number of aryl methyl sites for hydroxylation is 1. The number of carbonyl (C=O) groups excluding carboxylic acids is 1. The normalized spacial score (nSPS) is 17.1. The largest absolute Gasteiger partial charge is 0.454 e. The Balaban J connectivity index is 1.43. The molecule has 8 nitrogen and oxygen atoms in total. The molecule has 1 unspecified atom stereocenters. The number of nitrogens with one attached hydrogen (secondary N) is 1. The highest BCUT2D eigenvalue weighted by Crippen LogP contribution is 2.39. The fraction of sp³-hybridized carbons (Fsp3) is 0.192. The van der Waals surface area contributed by atoms with Crippen LogP contribution in [0.25, 0.3) is 17.0 Å².